The Morgan fingerprint density at radius 2 is 2.10 bits per heavy atom. The molecular formula is C15H23N3O2S. The number of nitrogens with two attached hydrogens (primary N) is 1. The molecule has 6 heteroatoms. The van der Waals surface area contributed by atoms with Crippen molar-refractivity contribution < 1.29 is 9.53 Å². The number of ether oxygens (including phenoxy) is 1. The van der Waals surface area contributed by atoms with Crippen molar-refractivity contribution >= 4 is 28.9 Å². The molecule has 21 heavy (non-hydrogen) atoms. The highest BCUT2D eigenvalue weighted by atomic mass is 32.1. The summed E-state index contributed by atoms with van der Waals surface area (Å²) < 4.78 is 5.23. The number of hydrogen-bond donors (Lipinski definition) is 2. The first-order chi connectivity index (χ1) is 9.93. The van der Waals surface area contributed by atoms with Crippen LogP contribution in [0.25, 0.3) is 0 Å². The first kappa shape index (κ1) is 17.2. The maximum atomic E-state index is 12.4. The predicted octanol–water partition coefficient (Wildman–Crippen LogP) is 2.86. The molecule has 0 saturated carbocycles. The lowest BCUT2D eigenvalue weighted by Gasteiger charge is -2.25. The molecule has 0 aliphatic rings. The Kier molecular flexibility index (Phi) is 6.94. The van der Waals surface area contributed by atoms with Gasteiger partial charge in [-0.3, -0.25) is 0 Å². The number of methoxy groups -OCH3 is 1. The van der Waals surface area contributed by atoms with Crippen LogP contribution in [0.15, 0.2) is 24.3 Å². The van der Waals surface area contributed by atoms with Crippen LogP contribution in [0, 0.1) is 5.92 Å². The second-order valence-corrected chi connectivity index (χ2v) is 5.71. The number of hydrogen-bond acceptors (Lipinski definition) is 3. The van der Waals surface area contributed by atoms with Crippen LogP contribution in [0.1, 0.15) is 20.3 Å². The van der Waals surface area contributed by atoms with Gasteiger partial charge in [-0.25, -0.2) is 4.79 Å². The number of rotatable bonds is 7. The van der Waals surface area contributed by atoms with Crippen molar-refractivity contribution in [1.29, 1.82) is 0 Å². The number of thiocarbonyl (C=S) groups is 1. The van der Waals surface area contributed by atoms with Crippen molar-refractivity contribution in [2.75, 3.05) is 25.5 Å². The number of benzene rings is 1. The molecule has 0 heterocycles. The van der Waals surface area contributed by atoms with Gasteiger partial charge in [-0.05, 0) is 18.1 Å². The summed E-state index contributed by atoms with van der Waals surface area (Å²) in [6, 6.07) is 7.13. The molecule has 116 valence electrons. The van der Waals surface area contributed by atoms with Crippen LogP contribution in [0.3, 0.4) is 0 Å². The van der Waals surface area contributed by atoms with Crippen LogP contribution in [0.5, 0.6) is 5.75 Å². The number of urea groups is 1. The van der Waals surface area contributed by atoms with Gasteiger partial charge < -0.3 is 20.7 Å². The van der Waals surface area contributed by atoms with Crippen molar-refractivity contribution in [3.05, 3.63) is 24.3 Å². The average molecular weight is 309 g/mol. The van der Waals surface area contributed by atoms with E-state index in [2.05, 4.69) is 19.2 Å². The largest absolute Gasteiger partial charge is 0.495 e. The highest BCUT2D eigenvalue weighted by Crippen LogP contribution is 2.23. The van der Waals surface area contributed by atoms with Gasteiger partial charge in [-0.15, -0.1) is 0 Å². The summed E-state index contributed by atoms with van der Waals surface area (Å²) in [5, 5.41) is 2.87. The van der Waals surface area contributed by atoms with Gasteiger partial charge in [0.25, 0.3) is 0 Å². The Morgan fingerprint density at radius 1 is 1.43 bits per heavy atom. The van der Waals surface area contributed by atoms with Crippen LogP contribution in [0.2, 0.25) is 0 Å². The van der Waals surface area contributed by atoms with E-state index in [1.165, 1.54) is 0 Å². The maximum absolute atomic E-state index is 12.4. The zero-order valence-corrected chi connectivity index (χ0v) is 13.6. The Balaban J connectivity index is 2.77. The van der Waals surface area contributed by atoms with Crippen molar-refractivity contribution in [2.45, 2.75) is 20.3 Å². The third-order valence-electron chi connectivity index (χ3n) is 2.85. The van der Waals surface area contributed by atoms with Gasteiger partial charge in [-0.1, -0.05) is 38.2 Å². The Labute approximate surface area is 131 Å². The quantitative estimate of drug-likeness (QED) is 0.760. The first-order valence-electron chi connectivity index (χ1n) is 6.91. The molecule has 0 aliphatic carbocycles. The van der Waals surface area contributed by atoms with Crippen LogP contribution >= 0.6 is 12.2 Å². The van der Waals surface area contributed by atoms with E-state index in [9.17, 15) is 4.79 Å². The molecule has 0 saturated heterocycles. The number of amides is 2. The molecule has 0 bridgehead atoms. The monoisotopic (exact) mass is 309 g/mol. The topological polar surface area (TPSA) is 67.6 Å². The van der Waals surface area contributed by atoms with E-state index < -0.39 is 0 Å². The van der Waals surface area contributed by atoms with Gasteiger partial charge in [0.1, 0.15) is 5.75 Å². The van der Waals surface area contributed by atoms with Crippen LogP contribution in [-0.4, -0.2) is 36.1 Å². The lowest BCUT2D eigenvalue weighted by Crippen LogP contribution is -2.39. The second-order valence-electron chi connectivity index (χ2n) is 5.19. The smallest absolute Gasteiger partial charge is 0.321 e. The molecule has 0 spiro atoms. The highest BCUT2D eigenvalue weighted by Gasteiger charge is 2.16. The zero-order valence-electron chi connectivity index (χ0n) is 12.8. The van der Waals surface area contributed by atoms with Gasteiger partial charge in [0, 0.05) is 19.5 Å². The van der Waals surface area contributed by atoms with Crippen LogP contribution in [-0.2, 0) is 0 Å². The van der Waals surface area contributed by atoms with Gasteiger partial charge in [0.15, 0.2) is 0 Å². The number of carbonyl (C=O) groups is 1. The molecular weight excluding hydrogens is 286 g/mol. The minimum absolute atomic E-state index is 0.176. The molecule has 0 aromatic heterocycles. The summed E-state index contributed by atoms with van der Waals surface area (Å²) in [6.07, 6.45) is 0.515. The van der Waals surface area contributed by atoms with Gasteiger partial charge in [0.05, 0.1) is 17.8 Å². The number of para-hydroxylation sites is 2. The Hall–Kier alpha value is -1.82. The van der Waals surface area contributed by atoms with E-state index in [0.717, 1.165) is 0 Å². The van der Waals surface area contributed by atoms with Gasteiger partial charge in [-0.2, -0.15) is 0 Å². The highest BCUT2D eigenvalue weighted by molar-refractivity contribution is 7.80. The Bertz CT molecular complexity index is 492. The number of carbonyl (C=O) groups excluding carboxylic acids is 1. The molecule has 0 aliphatic heterocycles. The summed E-state index contributed by atoms with van der Waals surface area (Å²) in [7, 11) is 1.57. The minimum Gasteiger partial charge on any atom is -0.495 e. The lowest BCUT2D eigenvalue weighted by atomic mass is 10.2. The van der Waals surface area contributed by atoms with E-state index in [-0.39, 0.29) is 6.03 Å². The maximum Gasteiger partial charge on any atom is 0.321 e. The van der Waals surface area contributed by atoms with Crippen LogP contribution in [0.4, 0.5) is 10.5 Å². The zero-order chi connectivity index (χ0) is 15.8. The third kappa shape index (κ3) is 5.99. The average Bonchev–Trinajstić information content (AvgIpc) is 2.43. The first-order valence-corrected chi connectivity index (χ1v) is 7.32. The molecule has 3 N–H and O–H groups in total. The summed E-state index contributed by atoms with van der Waals surface area (Å²) in [6.45, 7) is 5.27. The van der Waals surface area contributed by atoms with E-state index in [1.807, 2.05) is 12.1 Å². The molecule has 1 aromatic carbocycles. The molecule has 0 fully saturated rings. The molecule has 5 nitrogen and oxygen atoms in total. The van der Waals surface area contributed by atoms with Crippen molar-refractivity contribution in [3.63, 3.8) is 0 Å². The molecule has 0 unspecified atom stereocenters. The fourth-order valence-corrected chi connectivity index (χ4v) is 2.00. The van der Waals surface area contributed by atoms with Crippen LogP contribution < -0.4 is 15.8 Å². The SMILES string of the molecule is COc1ccccc1NC(=O)N(CCC(N)=S)CC(C)C. The van der Waals surface area contributed by atoms with Gasteiger partial charge in [0.2, 0.25) is 0 Å². The third-order valence-corrected chi connectivity index (χ3v) is 3.05. The van der Waals surface area contributed by atoms with Crippen molar-refractivity contribution in [3.8, 4) is 5.75 Å². The molecule has 0 radical (unpaired) electrons. The summed E-state index contributed by atoms with van der Waals surface area (Å²) in [5.74, 6) is 0.990. The van der Waals surface area contributed by atoms with E-state index in [0.29, 0.717) is 41.9 Å². The molecule has 0 atom stereocenters. The number of nitrogens with one attached hydrogen (secondary N) is 1. The van der Waals surface area contributed by atoms with E-state index in [4.69, 9.17) is 22.7 Å². The van der Waals surface area contributed by atoms with Gasteiger partial charge >= 0.3 is 6.03 Å². The number of nitrogens with zero attached hydrogens (tertiary/aromatic N) is 1. The summed E-state index contributed by atoms with van der Waals surface area (Å²) in [5.41, 5.74) is 6.17. The van der Waals surface area contributed by atoms with E-state index in [1.54, 1.807) is 24.1 Å². The van der Waals surface area contributed by atoms with E-state index >= 15 is 0 Å². The number of anilines is 1. The fourth-order valence-electron chi connectivity index (χ4n) is 1.90. The molecule has 1 rings (SSSR count). The second kappa shape index (κ2) is 8.46. The molecule has 2 amide bonds. The van der Waals surface area contributed by atoms with Crippen molar-refractivity contribution in [1.82, 2.24) is 4.90 Å². The summed E-state index contributed by atoms with van der Waals surface area (Å²) in [4.78, 5) is 14.5. The molecule has 1 aromatic rings. The fraction of sp³-hybridized carbons (Fsp3) is 0.467. The normalized spacial score (nSPS) is 10.3. The van der Waals surface area contributed by atoms with Crippen molar-refractivity contribution in [2.24, 2.45) is 11.7 Å². The summed E-state index contributed by atoms with van der Waals surface area (Å²) >= 11 is 4.88. The minimum atomic E-state index is -0.176. The predicted molar refractivity (Wildman–Crippen MR) is 89.8 cm³/mol. The standard InChI is InChI=1S/C15H23N3O2S/c1-11(2)10-18(9-8-14(16)21)15(19)17-12-6-4-5-7-13(12)20-3/h4-7,11H,8-10H2,1-3H3,(H2,16,21)(H,17,19). The lowest BCUT2D eigenvalue weighted by molar-refractivity contribution is 0.206. The Morgan fingerprint density at radius 3 is 2.67 bits per heavy atom.